The molecule has 1 aliphatic carbocycles. The summed E-state index contributed by atoms with van der Waals surface area (Å²) in [6.07, 6.45) is 0. The smallest absolute Gasteiger partial charge is 0.239 e. The molecule has 260 valence electrons. The van der Waals surface area contributed by atoms with E-state index < -0.39 is 12.9 Å². The van der Waals surface area contributed by atoms with Crippen LogP contribution >= 0.6 is 7.49 Å². The Kier molecular flexibility index (Phi) is 6.15. The van der Waals surface area contributed by atoms with Crippen LogP contribution in [0.15, 0.2) is 182 Å². The summed E-state index contributed by atoms with van der Waals surface area (Å²) in [7, 11) is -3.10. The van der Waals surface area contributed by atoms with Crippen LogP contribution in [-0.2, 0) is 10.8 Å². The predicted molar refractivity (Wildman–Crippen MR) is 230 cm³/mol. The second-order valence-corrected chi connectivity index (χ2v) is 18.7. The van der Waals surface area contributed by atoms with Gasteiger partial charge in [-0.2, -0.15) is 0 Å². The Hall–Kier alpha value is -6.05. The van der Waals surface area contributed by atoms with E-state index in [1.165, 1.54) is 66.4 Å². The highest BCUT2D eigenvalue weighted by Crippen LogP contribution is 2.64. The molecular formula is C52H37NOP+. The number of fused-ring (bicyclic) bond motifs is 14. The minimum atomic E-state index is -3.10. The zero-order valence-corrected chi connectivity index (χ0v) is 31.6. The van der Waals surface area contributed by atoms with E-state index in [-0.39, 0.29) is 5.41 Å². The summed E-state index contributed by atoms with van der Waals surface area (Å²) in [6.45, 7) is 4.70. The minimum absolute atomic E-state index is 0.110. The second-order valence-electron chi connectivity index (χ2n) is 15.9. The molecule has 0 saturated heterocycles. The van der Waals surface area contributed by atoms with Crippen molar-refractivity contribution in [2.75, 3.05) is 0 Å². The fourth-order valence-electron chi connectivity index (χ4n) is 10.8. The van der Waals surface area contributed by atoms with Gasteiger partial charge in [-0.05, 0) is 87.0 Å². The molecule has 3 heterocycles. The first-order chi connectivity index (χ1) is 26.9. The van der Waals surface area contributed by atoms with Crippen molar-refractivity contribution in [1.82, 2.24) is 4.57 Å². The van der Waals surface area contributed by atoms with Crippen LogP contribution in [0.3, 0.4) is 0 Å². The lowest BCUT2D eigenvalue weighted by molar-refractivity contribution is 0.626. The van der Waals surface area contributed by atoms with Gasteiger partial charge in [-0.25, -0.2) is 4.89 Å². The third-order valence-electron chi connectivity index (χ3n) is 13.1. The summed E-state index contributed by atoms with van der Waals surface area (Å²) < 4.78 is 2.49. The van der Waals surface area contributed by atoms with Crippen molar-refractivity contribution in [3.05, 3.63) is 215 Å². The van der Waals surface area contributed by atoms with E-state index in [4.69, 9.17) is 0 Å². The normalized spacial score (nSPS) is 19.5. The van der Waals surface area contributed by atoms with Gasteiger partial charge >= 0.3 is 0 Å². The highest BCUT2D eigenvalue weighted by atomic mass is 31.2. The highest BCUT2D eigenvalue weighted by molar-refractivity contribution is 7.91. The molecule has 0 radical (unpaired) electrons. The predicted octanol–water partition coefficient (Wildman–Crippen LogP) is 11.0. The van der Waals surface area contributed by atoms with Gasteiger partial charge in [0.15, 0.2) is 0 Å². The van der Waals surface area contributed by atoms with Gasteiger partial charge in [0.25, 0.3) is 0 Å². The van der Waals surface area contributed by atoms with Crippen LogP contribution in [0.2, 0.25) is 0 Å². The zero-order chi connectivity index (χ0) is 36.7. The number of para-hydroxylation sites is 3. The van der Waals surface area contributed by atoms with Gasteiger partial charge in [0, 0.05) is 27.3 Å². The standard InChI is InChI=1S/C52H37NOP/c1-51(2)39-22-8-6-19-38(39)49-35(20-14-25-42(49)51)33-30-31-48-44(32-33)52(41-24-10-13-29-47(41)55(48,54)34-16-4-3-5-17-34)40-23-9-12-28-46(40)53-45-27-11-7-18-36(45)37-21-15-26-43(52)50(37)53/h3-32,54H,1-2H3/q+1. The van der Waals surface area contributed by atoms with Gasteiger partial charge < -0.3 is 4.57 Å². The Balaban J connectivity index is 1.27. The van der Waals surface area contributed by atoms with Gasteiger partial charge in [-0.3, -0.25) is 0 Å². The van der Waals surface area contributed by atoms with E-state index in [0.717, 1.165) is 32.6 Å². The Morgan fingerprint density at radius 3 is 1.96 bits per heavy atom. The molecule has 0 amide bonds. The lowest BCUT2D eigenvalue weighted by atomic mass is 9.62. The first-order valence-corrected chi connectivity index (χ1v) is 21.0. The van der Waals surface area contributed by atoms with E-state index in [9.17, 15) is 4.89 Å². The van der Waals surface area contributed by atoms with Crippen LogP contribution in [-0.4, -0.2) is 9.46 Å². The summed E-state index contributed by atoms with van der Waals surface area (Å²) in [5.74, 6) is 0. The molecular weight excluding hydrogens is 686 g/mol. The molecule has 2 nitrogen and oxygen atoms in total. The van der Waals surface area contributed by atoms with Crippen LogP contribution in [0.4, 0.5) is 0 Å². The number of rotatable bonds is 2. The molecule has 55 heavy (non-hydrogen) atoms. The molecule has 0 saturated carbocycles. The number of nitrogens with zero attached hydrogens (tertiary/aromatic N) is 1. The molecule has 3 aliphatic rings. The molecule has 2 atom stereocenters. The van der Waals surface area contributed by atoms with E-state index in [0.29, 0.717) is 0 Å². The Morgan fingerprint density at radius 1 is 0.473 bits per heavy atom. The van der Waals surface area contributed by atoms with Crippen LogP contribution in [0.25, 0.3) is 49.7 Å². The third kappa shape index (κ3) is 3.72. The van der Waals surface area contributed by atoms with E-state index in [1.807, 2.05) is 6.07 Å². The number of hydrogen-bond donors (Lipinski definition) is 1. The summed E-state index contributed by atoms with van der Waals surface area (Å²) in [5.41, 5.74) is 15.3. The monoisotopic (exact) mass is 722 g/mol. The highest BCUT2D eigenvalue weighted by Gasteiger charge is 2.60. The molecule has 0 fully saturated rings. The maximum absolute atomic E-state index is 13.7. The lowest BCUT2D eigenvalue weighted by Gasteiger charge is -2.46. The minimum Gasteiger partial charge on any atom is -0.309 e. The fourth-order valence-corrected chi connectivity index (χ4v) is 14.0. The van der Waals surface area contributed by atoms with Crippen molar-refractivity contribution in [1.29, 1.82) is 0 Å². The van der Waals surface area contributed by atoms with Gasteiger partial charge in [-0.1, -0.05) is 153 Å². The molecule has 1 spiro atoms. The van der Waals surface area contributed by atoms with Crippen LogP contribution in [0.1, 0.15) is 47.2 Å². The molecule has 1 aromatic heterocycles. The van der Waals surface area contributed by atoms with Crippen LogP contribution < -0.4 is 15.9 Å². The average Bonchev–Trinajstić information content (AvgIpc) is 3.70. The molecule has 8 aromatic carbocycles. The van der Waals surface area contributed by atoms with Crippen molar-refractivity contribution < 1.29 is 4.89 Å². The largest absolute Gasteiger partial charge is 0.309 e. The molecule has 2 unspecified atom stereocenters. The van der Waals surface area contributed by atoms with Crippen LogP contribution in [0, 0.1) is 0 Å². The zero-order valence-electron chi connectivity index (χ0n) is 30.7. The average molecular weight is 723 g/mol. The molecule has 2 aliphatic heterocycles. The first kappa shape index (κ1) is 31.3. The van der Waals surface area contributed by atoms with Gasteiger partial charge in [-0.15, -0.1) is 0 Å². The van der Waals surface area contributed by atoms with E-state index in [2.05, 4.69) is 194 Å². The van der Waals surface area contributed by atoms with E-state index in [1.54, 1.807) is 0 Å². The summed E-state index contributed by atoms with van der Waals surface area (Å²) in [4.78, 5) is 13.7. The van der Waals surface area contributed by atoms with Gasteiger partial charge in [0.05, 0.1) is 22.1 Å². The maximum atomic E-state index is 13.7. The van der Waals surface area contributed by atoms with Crippen molar-refractivity contribution in [2.24, 2.45) is 0 Å². The molecule has 12 rings (SSSR count). The maximum Gasteiger partial charge on any atom is 0.239 e. The fraction of sp³-hybridized carbons (Fsp3) is 0.0769. The van der Waals surface area contributed by atoms with Gasteiger partial charge in [0.2, 0.25) is 7.49 Å². The quantitative estimate of drug-likeness (QED) is 0.177. The Labute approximate surface area is 321 Å². The first-order valence-electron chi connectivity index (χ1n) is 19.2. The SMILES string of the molecule is CC1(C)c2ccccc2-c2c(-c3ccc4c(c3)C3(c5ccccc5-n5c6ccccc6c6cccc3c65)c3ccccc3[P+]4(O)c3ccccc3)cccc21. The Bertz CT molecular complexity index is 3100. The lowest BCUT2D eigenvalue weighted by Crippen LogP contribution is -2.50. The topological polar surface area (TPSA) is 25.2 Å². The number of benzene rings is 8. The summed E-state index contributed by atoms with van der Waals surface area (Å²) >= 11 is 0. The van der Waals surface area contributed by atoms with Crippen molar-refractivity contribution in [3.8, 4) is 27.9 Å². The molecule has 0 bridgehead atoms. The summed E-state index contributed by atoms with van der Waals surface area (Å²) in [6, 6.07) is 66.7. The Morgan fingerprint density at radius 2 is 1.09 bits per heavy atom. The van der Waals surface area contributed by atoms with Crippen molar-refractivity contribution in [3.63, 3.8) is 0 Å². The van der Waals surface area contributed by atoms with Crippen molar-refractivity contribution >= 4 is 45.2 Å². The van der Waals surface area contributed by atoms with Crippen LogP contribution in [0.5, 0.6) is 0 Å². The van der Waals surface area contributed by atoms with Gasteiger partial charge in [0.1, 0.15) is 15.9 Å². The number of aromatic nitrogens is 1. The second kappa shape index (κ2) is 10.8. The molecule has 1 N–H and O–H groups in total. The summed E-state index contributed by atoms with van der Waals surface area (Å²) in [5, 5.41) is 5.51. The number of hydrogen-bond acceptors (Lipinski definition) is 1. The molecule has 3 heteroatoms. The van der Waals surface area contributed by atoms with Crippen molar-refractivity contribution in [2.45, 2.75) is 24.7 Å². The molecule has 9 aromatic rings. The van der Waals surface area contributed by atoms with E-state index >= 15 is 0 Å². The third-order valence-corrected chi connectivity index (χ3v) is 16.3.